The van der Waals surface area contributed by atoms with E-state index >= 15 is 0 Å². The second-order valence-electron chi connectivity index (χ2n) is 5.10. The SMILES string of the molecule is CC(Nc1cccc(CCCO)c1)c1c(O)cccc1O. The number of hydrogen-bond donors (Lipinski definition) is 4. The van der Waals surface area contributed by atoms with Crippen molar-refractivity contribution in [3.8, 4) is 11.5 Å². The lowest BCUT2D eigenvalue weighted by Gasteiger charge is -2.18. The van der Waals surface area contributed by atoms with E-state index in [0.29, 0.717) is 5.56 Å². The second-order valence-corrected chi connectivity index (χ2v) is 5.10. The second kappa shape index (κ2) is 6.99. The van der Waals surface area contributed by atoms with Gasteiger partial charge in [0, 0.05) is 12.3 Å². The Morgan fingerprint density at radius 2 is 1.71 bits per heavy atom. The van der Waals surface area contributed by atoms with Crippen LogP contribution in [-0.4, -0.2) is 21.9 Å². The van der Waals surface area contributed by atoms with Crippen LogP contribution in [0.4, 0.5) is 5.69 Å². The molecule has 4 N–H and O–H groups in total. The van der Waals surface area contributed by atoms with Gasteiger partial charge in [0.05, 0.1) is 11.6 Å². The molecule has 0 saturated carbocycles. The number of nitrogens with one attached hydrogen (secondary N) is 1. The van der Waals surface area contributed by atoms with E-state index in [1.165, 1.54) is 0 Å². The van der Waals surface area contributed by atoms with Crippen LogP contribution >= 0.6 is 0 Å². The summed E-state index contributed by atoms with van der Waals surface area (Å²) in [5, 5.41) is 31.9. The van der Waals surface area contributed by atoms with Crippen molar-refractivity contribution in [1.82, 2.24) is 0 Å². The van der Waals surface area contributed by atoms with Crippen LogP contribution in [0.3, 0.4) is 0 Å². The van der Waals surface area contributed by atoms with Crippen LogP contribution in [0.1, 0.15) is 30.5 Å². The summed E-state index contributed by atoms with van der Waals surface area (Å²) in [4.78, 5) is 0. The van der Waals surface area contributed by atoms with Crippen molar-refractivity contribution in [2.45, 2.75) is 25.8 Å². The summed E-state index contributed by atoms with van der Waals surface area (Å²) < 4.78 is 0. The number of aliphatic hydroxyl groups excluding tert-OH is 1. The summed E-state index contributed by atoms with van der Waals surface area (Å²) in [7, 11) is 0. The summed E-state index contributed by atoms with van der Waals surface area (Å²) in [6.45, 7) is 2.06. The molecule has 0 fully saturated rings. The first-order valence-electron chi connectivity index (χ1n) is 7.09. The van der Waals surface area contributed by atoms with Crippen LogP contribution < -0.4 is 5.32 Å². The Bertz CT molecular complexity index is 578. The summed E-state index contributed by atoms with van der Waals surface area (Å²) in [6.07, 6.45) is 1.56. The molecule has 4 nitrogen and oxygen atoms in total. The molecule has 0 amide bonds. The molecule has 0 aliphatic carbocycles. The van der Waals surface area contributed by atoms with E-state index < -0.39 is 0 Å². The van der Waals surface area contributed by atoms with Gasteiger partial charge in [-0.15, -0.1) is 0 Å². The molecule has 2 aromatic carbocycles. The van der Waals surface area contributed by atoms with Crippen molar-refractivity contribution in [3.05, 3.63) is 53.6 Å². The lowest BCUT2D eigenvalue weighted by Crippen LogP contribution is -2.07. The van der Waals surface area contributed by atoms with E-state index in [-0.39, 0.29) is 24.1 Å². The van der Waals surface area contributed by atoms with Gasteiger partial charge in [-0.2, -0.15) is 0 Å². The van der Waals surface area contributed by atoms with Gasteiger partial charge in [-0.25, -0.2) is 0 Å². The molecule has 0 heterocycles. The molecular weight excluding hydrogens is 266 g/mol. The van der Waals surface area contributed by atoms with Gasteiger partial charge in [-0.1, -0.05) is 18.2 Å². The Kier molecular flexibility index (Phi) is 5.06. The molecule has 0 spiro atoms. The van der Waals surface area contributed by atoms with Crippen LogP contribution in [0.15, 0.2) is 42.5 Å². The minimum Gasteiger partial charge on any atom is -0.507 e. The van der Waals surface area contributed by atoms with E-state index in [0.717, 1.165) is 24.1 Å². The molecule has 21 heavy (non-hydrogen) atoms. The van der Waals surface area contributed by atoms with Crippen LogP contribution in [0.2, 0.25) is 0 Å². The number of aliphatic hydroxyl groups is 1. The standard InChI is InChI=1S/C17H21NO3/c1-12(17-15(20)8-3-9-16(17)21)18-14-7-2-5-13(11-14)6-4-10-19/h2-3,5,7-9,11-12,18-21H,4,6,10H2,1H3. The van der Waals surface area contributed by atoms with Crippen LogP contribution in [-0.2, 0) is 6.42 Å². The van der Waals surface area contributed by atoms with Gasteiger partial charge >= 0.3 is 0 Å². The van der Waals surface area contributed by atoms with Gasteiger partial charge in [0.1, 0.15) is 11.5 Å². The smallest absolute Gasteiger partial charge is 0.124 e. The van der Waals surface area contributed by atoms with Gasteiger partial charge in [-0.3, -0.25) is 0 Å². The average Bonchev–Trinajstić information content (AvgIpc) is 2.45. The Morgan fingerprint density at radius 3 is 2.38 bits per heavy atom. The van der Waals surface area contributed by atoms with Gasteiger partial charge in [0.2, 0.25) is 0 Å². The molecule has 112 valence electrons. The molecule has 1 atom stereocenters. The number of phenols is 2. The number of rotatable bonds is 6. The number of aromatic hydroxyl groups is 2. The van der Waals surface area contributed by atoms with Gasteiger partial charge < -0.3 is 20.6 Å². The predicted octanol–water partition coefficient (Wildman–Crippen LogP) is 3.20. The Balaban J connectivity index is 2.14. The molecule has 1 unspecified atom stereocenters. The Morgan fingerprint density at radius 1 is 1.05 bits per heavy atom. The van der Waals surface area contributed by atoms with E-state index in [1.807, 2.05) is 31.2 Å². The number of benzene rings is 2. The lowest BCUT2D eigenvalue weighted by atomic mass is 10.0. The Hall–Kier alpha value is -2.20. The quantitative estimate of drug-likeness (QED) is 0.658. The first kappa shape index (κ1) is 15.2. The minimum atomic E-state index is -0.223. The van der Waals surface area contributed by atoms with E-state index in [9.17, 15) is 10.2 Å². The zero-order chi connectivity index (χ0) is 15.2. The molecular formula is C17H21NO3. The number of aryl methyl sites for hydroxylation is 1. The summed E-state index contributed by atoms with van der Waals surface area (Å²) in [5.41, 5.74) is 2.54. The van der Waals surface area contributed by atoms with Crippen molar-refractivity contribution in [1.29, 1.82) is 0 Å². The van der Waals surface area contributed by atoms with Crippen molar-refractivity contribution in [3.63, 3.8) is 0 Å². The van der Waals surface area contributed by atoms with E-state index in [2.05, 4.69) is 5.32 Å². The van der Waals surface area contributed by atoms with Crippen molar-refractivity contribution >= 4 is 5.69 Å². The maximum Gasteiger partial charge on any atom is 0.124 e. The van der Waals surface area contributed by atoms with Gasteiger partial charge in [-0.05, 0) is 49.6 Å². The predicted molar refractivity (Wildman–Crippen MR) is 83.7 cm³/mol. The molecule has 0 radical (unpaired) electrons. The highest BCUT2D eigenvalue weighted by Crippen LogP contribution is 2.34. The lowest BCUT2D eigenvalue weighted by molar-refractivity contribution is 0.288. The molecule has 2 rings (SSSR count). The molecule has 0 bridgehead atoms. The van der Waals surface area contributed by atoms with Crippen molar-refractivity contribution < 1.29 is 15.3 Å². The fraction of sp³-hybridized carbons (Fsp3) is 0.294. The van der Waals surface area contributed by atoms with Crippen molar-refractivity contribution in [2.75, 3.05) is 11.9 Å². The highest BCUT2D eigenvalue weighted by Gasteiger charge is 2.14. The molecule has 4 heteroatoms. The zero-order valence-corrected chi connectivity index (χ0v) is 12.1. The molecule has 2 aromatic rings. The number of phenolic OH excluding ortho intramolecular Hbond substituents is 2. The highest BCUT2D eigenvalue weighted by atomic mass is 16.3. The van der Waals surface area contributed by atoms with Crippen LogP contribution in [0, 0.1) is 0 Å². The van der Waals surface area contributed by atoms with Crippen molar-refractivity contribution in [2.24, 2.45) is 0 Å². The summed E-state index contributed by atoms with van der Waals surface area (Å²) in [6, 6.07) is 12.4. The van der Waals surface area contributed by atoms with E-state index in [1.54, 1.807) is 18.2 Å². The first-order valence-corrected chi connectivity index (χ1v) is 7.09. The van der Waals surface area contributed by atoms with Crippen LogP contribution in [0.25, 0.3) is 0 Å². The monoisotopic (exact) mass is 287 g/mol. The van der Waals surface area contributed by atoms with Crippen LogP contribution in [0.5, 0.6) is 11.5 Å². The first-order chi connectivity index (χ1) is 10.1. The van der Waals surface area contributed by atoms with Gasteiger partial charge in [0.15, 0.2) is 0 Å². The maximum atomic E-state index is 9.88. The largest absolute Gasteiger partial charge is 0.507 e. The van der Waals surface area contributed by atoms with E-state index in [4.69, 9.17) is 5.11 Å². The third-order valence-electron chi connectivity index (χ3n) is 3.43. The fourth-order valence-electron chi connectivity index (χ4n) is 2.41. The number of anilines is 1. The normalized spacial score (nSPS) is 12.1. The molecule has 0 aliphatic heterocycles. The third kappa shape index (κ3) is 3.89. The topological polar surface area (TPSA) is 72.7 Å². The zero-order valence-electron chi connectivity index (χ0n) is 12.1. The molecule has 0 saturated heterocycles. The fourth-order valence-corrected chi connectivity index (χ4v) is 2.41. The third-order valence-corrected chi connectivity index (χ3v) is 3.43. The maximum absolute atomic E-state index is 9.88. The molecule has 0 aliphatic rings. The molecule has 0 aromatic heterocycles. The minimum absolute atomic E-state index is 0.0754. The highest BCUT2D eigenvalue weighted by molar-refractivity contribution is 5.52. The summed E-state index contributed by atoms with van der Waals surface area (Å²) >= 11 is 0. The summed E-state index contributed by atoms with van der Waals surface area (Å²) in [5.74, 6) is 0.151. The Labute approximate surface area is 124 Å². The average molecular weight is 287 g/mol. The number of hydrogen-bond acceptors (Lipinski definition) is 4. The van der Waals surface area contributed by atoms with Gasteiger partial charge in [0.25, 0.3) is 0 Å².